The first-order chi connectivity index (χ1) is 9.47. The van der Waals surface area contributed by atoms with Gasteiger partial charge in [0.15, 0.2) is 0 Å². The van der Waals surface area contributed by atoms with E-state index in [-0.39, 0.29) is 16.9 Å². The van der Waals surface area contributed by atoms with Crippen LogP contribution >= 0.6 is 23.6 Å². The first-order valence-electron chi connectivity index (χ1n) is 6.10. The summed E-state index contributed by atoms with van der Waals surface area (Å²) in [6.45, 7) is 3.99. The van der Waals surface area contributed by atoms with Gasteiger partial charge in [0.25, 0.3) is 5.91 Å². The number of pyridine rings is 1. The average Bonchev–Trinajstić information content (AvgIpc) is 2.85. The summed E-state index contributed by atoms with van der Waals surface area (Å²) in [5.41, 5.74) is 6.49. The van der Waals surface area contributed by atoms with Gasteiger partial charge in [0.05, 0.1) is 6.04 Å². The quantitative estimate of drug-likeness (QED) is 0.852. The SMILES string of the molecule is Cc1ccc(C(C)NC(=O)c2ccc(C(N)=S)cn2)s1. The van der Waals surface area contributed by atoms with Crippen LogP contribution in [0.1, 0.15) is 38.8 Å². The molecule has 0 aliphatic heterocycles. The number of carbonyl (C=O) groups excluding carboxylic acids is 1. The van der Waals surface area contributed by atoms with Crippen molar-refractivity contribution in [1.82, 2.24) is 10.3 Å². The molecule has 0 aromatic carbocycles. The standard InChI is InChI=1S/C14H15N3OS2/c1-8-3-6-12(20-8)9(2)17-14(18)11-5-4-10(7-16-11)13(15)19/h3-7,9H,1-2H3,(H2,15,19)(H,17,18). The Morgan fingerprint density at radius 1 is 1.40 bits per heavy atom. The van der Waals surface area contributed by atoms with Gasteiger partial charge in [-0.3, -0.25) is 9.78 Å². The van der Waals surface area contributed by atoms with Crippen LogP contribution in [0.15, 0.2) is 30.5 Å². The number of thiocarbonyl (C=S) groups is 1. The molecule has 4 nitrogen and oxygen atoms in total. The normalized spacial score (nSPS) is 11.9. The molecule has 0 spiro atoms. The van der Waals surface area contributed by atoms with Gasteiger partial charge in [-0.2, -0.15) is 0 Å². The van der Waals surface area contributed by atoms with Crippen molar-refractivity contribution in [2.75, 3.05) is 0 Å². The number of hydrogen-bond acceptors (Lipinski definition) is 4. The average molecular weight is 305 g/mol. The highest BCUT2D eigenvalue weighted by Crippen LogP contribution is 2.22. The van der Waals surface area contributed by atoms with E-state index in [0.717, 1.165) is 4.88 Å². The lowest BCUT2D eigenvalue weighted by Gasteiger charge is -2.11. The molecule has 2 aromatic rings. The largest absolute Gasteiger partial charge is 0.389 e. The van der Waals surface area contributed by atoms with Gasteiger partial charge in [-0.25, -0.2) is 0 Å². The summed E-state index contributed by atoms with van der Waals surface area (Å²) in [5.74, 6) is -0.210. The molecule has 1 atom stereocenters. The molecule has 0 saturated carbocycles. The van der Waals surface area contributed by atoms with E-state index >= 15 is 0 Å². The number of aromatic nitrogens is 1. The Labute approximate surface area is 127 Å². The number of rotatable bonds is 4. The van der Waals surface area contributed by atoms with Crippen molar-refractivity contribution in [3.8, 4) is 0 Å². The fourth-order valence-corrected chi connectivity index (χ4v) is 2.70. The van der Waals surface area contributed by atoms with E-state index in [9.17, 15) is 4.79 Å². The zero-order valence-electron chi connectivity index (χ0n) is 11.2. The molecule has 0 aliphatic rings. The van der Waals surface area contributed by atoms with Crippen molar-refractivity contribution in [3.05, 3.63) is 51.5 Å². The van der Waals surface area contributed by atoms with Crippen LogP contribution in [0.25, 0.3) is 0 Å². The topological polar surface area (TPSA) is 68.0 Å². The smallest absolute Gasteiger partial charge is 0.270 e. The zero-order valence-corrected chi connectivity index (χ0v) is 12.8. The van der Waals surface area contributed by atoms with Gasteiger partial charge < -0.3 is 11.1 Å². The number of hydrogen-bond donors (Lipinski definition) is 2. The monoisotopic (exact) mass is 305 g/mol. The molecule has 2 rings (SSSR count). The number of nitrogens with one attached hydrogen (secondary N) is 1. The number of carbonyl (C=O) groups is 1. The Balaban J connectivity index is 2.06. The fourth-order valence-electron chi connectivity index (χ4n) is 1.70. The number of aryl methyl sites for hydroxylation is 1. The van der Waals surface area contributed by atoms with E-state index in [0.29, 0.717) is 11.3 Å². The van der Waals surface area contributed by atoms with E-state index in [4.69, 9.17) is 18.0 Å². The molecule has 0 saturated heterocycles. The minimum Gasteiger partial charge on any atom is -0.389 e. The molecule has 0 radical (unpaired) electrons. The lowest BCUT2D eigenvalue weighted by molar-refractivity contribution is 0.0935. The van der Waals surface area contributed by atoms with Crippen molar-refractivity contribution < 1.29 is 4.79 Å². The van der Waals surface area contributed by atoms with E-state index < -0.39 is 0 Å². The lowest BCUT2D eigenvalue weighted by atomic mass is 10.2. The summed E-state index contributed by atoms with van der Waals surface area (Å²) in [7, 11) is 0. The van der Waals surface area contributed by atoms with E-state index in [1.54, 1.807) is 23.5 Å². The maximum Gasteiger partial charge on any atom is 0.270 e. The molecule has 0 fully saturated rings. The Bertz CT molecular complexity index is 634. The molecule has 0 aliphatic carbocycles. The van der Waals surface area contributed by atoms with Crippen LogP contribution in [0.2, 0.25) is 0 Å². The predicted octanol–water partition coefficient (Wildman–Crippen LogP) is 2.58. The Morgan fingerprint density at radius 2 is 2.15 bits per heavy atom. The van der Waals surface area contributed by atoms with Gasteiger partial charge in [0.1, 0.15) is 10.7 Å². The van der Waals surface area contributed by atoms with Crippen molar-refractivity contribution in [2.45, 2.75) is 19.9 Å². The summed E-state index contributed by atoms with van der Waals surface area (Å²) in [5, 5.41) is 2.92. The summed E-state index contributed by atoms with van der Waals surface area (Å²) < 4.78 is 0. The third-order valence-corrected chi connectivity index (χ3v) is 4.24. The second-order valence-corrected chi connectivity index (χ2v) is 6.20. The van der Waals surface area contributed by atoms with Crippen LogP contribution in [0, 0.1) is 6.92 Å². The molecule has 2 heterocycles. The summed E-state index contributed by atoms with van der Waals surface area (Å²) >= 11 is 6.52. The summed E-state index contributed by atoms with van der Waals surface area (Å²) in [6, 6.07) is 7.34. The molecule has 0 bridgehead atoms. The highest BCUT2D eigenvalue weighted by atomic mass is 32.1. The Morgan fingerprint density at radius 3 is 2.65 bits per heavy atom. The van der Waals surface area contributed by atoms with Crippen molar-refractivity contribution in [2.24, 2.45) is 5.73 Å². The predicted molar refractivity (Wildman–Crippen MR) is 85.1 cm³/mol. The summed E-state index contributed by atoms with van der Waals surface area (Å²) in [6.07, 6.45) is 1.51. The van der Waals surface area contributed by atoms with Crippen LogP contribution in [0.4, 0.5) is 0 Å². The minimum atomic E-state index is -0.210. The van der Waals surface area contributed by atoms with Crippen LogP contribution in [-0.2, 0) is 0 Å². The first kappa shape index (κ1) is 14.6. The third kappa shape index (κ3) is 3.40. The van der Waals surface area contributed by atoms with Gasteiger partial charge in [-0.1, -0.05) is 12.2 Å². The summed E-state index contributed by atoms with van der Waals surface area (Å²) in [4.78, 5) is 18.8. The van der Waals surface area contributed by atoms with Gasteiger partial charge in [-0.15, -0.1) is 11.3 Å². The molecular weight excluding hydrogens is 290 g/mol. The van der Waals surface area contributed by atoms with E-state index in [1.807, 2.05) is 26.0 Å². The van der Waals surface area contributed by atoms with E-state index in [1.165, 1.54) is 11.1 Å². The second-order valence-electron chi connectivity index (χ2n) is 4.44. The second kappa shape index (κ2) is 6.11. The van der Waals surface area contributed by atoms with E-state index in [2.05, 4.69) is 10.3 Å². The third-order valence-electron chi connectivity index (χ3n) is 2.82. The van der Waals surface area contributed by atoms with Gasteiger partial charge in [-0.05, 0) is 38.1 Å². The lowest BCUT2D eigenvalue weighted by Crippen LogP contribution is -2.27. The van der Waals surface area contributed by atoms with Crippen molar-refractivity contribution >= 4 is 34.5 Å². The molecule has 2 aromatic heterocycles. The molecule has 1 unspecified atom stereocenters. The van der Waals surface area contributed by atoms with Crippen LogP contribution < -0.4 is 11.1 Å². The van der Waals surface area contributed by atoms with Crippen LogP contribution in [0.5, 0.6) is 0 Å². The maximum atomic E-state index is 12.1. The number of nitrogens with zero attached hydrogens (tertiary/aromatic N) is 1. The minimum absolute atomic E-state index is 0.0433. The number of amides is 1. The van der Waals surface area contributed by atoms with Crippen LogP contribution in [-0.4, -0.2) is 15.9 Å². The Hall–Kier alpha value is -1.79. The van der Waals surface area contributed by atoms with Crippen LogP contribution in [0.3, 0.4) is 0 Å². The molecule has 1 amide bonds. The molecule has 6 heteroatoms. The van der Waals surface area contributed by atoms with Gasteiger partial charge >= 0.3 is 0 Å². The van der Waals surface area contributed by atoms with Crippen molar-refractivity contribution in [1.29, 1.82) is 0 Å². The highest BCUT2D eigenvalue weighted by molar-refractivity contribution is 7.80. The molecule has 104 valence electrons. The van der Waals surface area contributed by atoms with Gasteiger partial charge in [0.2, 0.25) is 0 Å². The highest BCUT2D eigenvalue weighted by Gasteiger charge is 2.13. The maximum absolute atomic E-state index is 12.1. The fraction of sp³-hybridized carbons (Fsp3) is 0.214. The first-order valence-corrected chi connectivity index (χ1v) is 7.33. The number of thiophene rings is 1. The molecule has 3 N–H and O–H groups in total. The zero-order chi connectivity index (χ0) is 14.7. The Kier molecular flexibility index (Phi) is 4.46. The van der Waals surface area contributed by atoms with Gasteiger partial charge in [0, 0.05) is 21.5 Å². The number of nitrogens with two attached hydrogens (primary N) is 1. The molecule has 20 heavy (non-hydrogen) atoms. The molecular formula is C14H15N3OS2. The van der Waals surface area contributed by atoms with Crippen molar-refractivity contribution in [3.63, 3.8) is 0 Å².